The fraction of sp³-hybridized carbons (Fsp3) is 0.400. The number of rotatable bonds is 4. The van der Waals surface area contributed by atoms with Crippen molar-refractivity contribution in [2.75, 3.05) is 17.6 Å². The van der Waals surface area contributed by atoms with E-state index in [0.29, 0.717) is 12.5 Å². The van der Waals surface area contributed by atoms with Gasteiger partial charge < -0.3 is 16.2 Å². The summed E-state index contributed by atoms with van der Waals surface area (Å²) in [6, 6.07) is 5.87. The first kappa shape index (κ1) is 12.2. The van der Waals surface area contributed by atoms with Crippen LogP contribution in [0.1, 0.15) is 18.5 Å². The largest absolute Gasteiger partial charge is 0.398 e. The lowest BCUT2D eigenvalue weighted by molar-refractivity contribution is 0.164. The molecule has 4 heteroatoms. The first-order chi connectivity index (χ1) is 9.15. The second-order valence-electron chi connectivity index (χ2n) is 5.36. The van der Waals surface area contributed by atoms with Crippen molar-refractivity contribution in [2.24, 2.45) is 5.92 Å². The predicted molar refractivity (Wildman–Crippen MR) is 78.1 cm³/mol. The van der Waals surface area contributed by atoms with Gasteiger partial charge in [0.15, 0.2) is 0 Å². The lowest BCUT2D eigenvalue weighted by Gasteiger charge is -2.14. The first-order valence-electron chi connectivity index (χ1n) is 6.72. The highest BCUT2D eigenvalue weighted by atomic mass is 16.3. The second-order valence-corrected chi connectivity index (χ2v) is 5.36. The van der Waals surface area contributed by atoms with E-state index in [1.807, 2.05) is 31.3 Å². The number of nitrogens with one attached hydrogen (secondary N) is 1. The van der Waals surface area contributed by atoms with Crippen LogP contribution in [0.25, 0.3) is 10.8 Å². The summed E-state index contributed by atoms with van der Waals surface area (Å²) in [7, 11) is 0. The minimum atomic E-state index is -0.254. The van der Waals surface area contributed by atoms with Crippen LogP contribution in [0, 0.1) is 12.8 Å². The van der Waals surface area contributed by atoms with E-state index >= 15 is 0 Å². The summed E-state index contributed by atoms with van der Waals surface area (Å²) in [4.78, 5) is 4.29. The van der Waals surface area contributed by atoms with Crippen molar-refractivity contribution in [1.29, 1.82) is 0 Å². The normalized spacial score (nSPS) is 16.5. The highest BCUT2D eigenvalue weighted by molar-refractivity contribution is 6.00. The van der Waals surface area contributed by atoms with Gasteiger partial charge in [-0.25, -0.2) is 0 Å². The molecule has 0 bridgehead atoms. The Hall–Kier alpha value is -1.81. The van der Waals surface area contributed by atoms with Crippen LogP contribution in [0.3, 0.4) is 0 Å². The van der Waals surface area contributed by atoms with Gasteiger partial charge in [0.25, 0.3) is 0 Å². The number of nitrogens with two attached hydrogens (primary N) is 1. The molecule has 1 unspecified atom stereocenters. The van der Waals surface area contributed by atoms with Gasteiger partial charge in [0.1, 0.15) is 0 Å². The third kappa shape index (κ3) is 2.49. The summed E-state index contributed by atoms with van der Waals surface area (Å²) in [5, 5.41) is 15.3. The summed E-state index contributed by atoms with van der Waals surface area (Å²) in [6.07, 6.45) is 3.85. The quantitative estimate of drug-likeness (QED) is 0.735. The van der Waals surface area contributed by atoms with Gasteiger partial charge >= 0.3 is 0 Å². The summed E-state index contributed by atoms with van der Waals surface area (Å²) < 4.78 is 0. The van der Waals surface area contributed by atoms with Crippen molar-refractivity contribution in [1.82, 2.24) is 4.98 Å². The smallest absolute Gasteiger partial charge is 0.0740 e. The predicted octanol–water partition coefficient (Wildman–Crippen LogP) is 2.31. The Kier molecular flexibility index (Phi) is 3.03. The van der Waals surface area contributed by atoms with Crippen LogP contribution in [-0.2, 0) is 0 Å². The van der Waals surface area contributed by atoms with Crippen molar-refractivity contribution in [3.8, 4) is 0 Å². The molecule has 3 rings (SSSR count). The van der Waals surface area contributed by atoms with Crippen LogP contribution in [0.4, 0.5) is 11.4 Å². The number of nitrogen functional groups attached to an aromatic ring is 1. The molecular weight excluding hydrogens is 238 g/mol. The highest BCUT2D eigenvalue weighted by Crippen LogP contribution is 2.33. The Morgan fingerprint density at radius 3 is 2.95 bits per heavy atom. The standard InChI is InChI=1S/C15H19N3O/c1-9-6-11-12(7-17-9)13(16)4-5-14(11)18-8-15(19)10-2-3-10/h4-7,10,15,18-19H,2-3,8,16H2,1H3. The fourth-order valence-electron chi connectivity index (χ4n) is 2.38. The van der Waals surface area contributed by atoms with Gasteiger partial charge in [-0.3, -0.25) is 4.98 Å². The molecule has 1 aromatic carbocycles. The Labute approximate surface area is 112 Å². The number of hydrogen-bond donors (Lipinski definition) is 3. The maximum absolute atomic E-state index is 9.93. The van der Waals surface area contributed by atoms with E-state index in [1.165, 1.54) is 0 Å². The third-order valence-electron chi connectivity index (χ3n) is 3.74. The molecule has 4 nitrogen and oxygen atoms in total. The van der Waals surface area contributed by atoms with Crippen LogP contribution >= 0.6 is 0 Å². The minimum absolute atomic E-state index is 0.254. The molecule has 1 atom stereocenters. The van der Waals surface area contributed by atoms with Gasteiger partial charge in [-0.05, 0) is 43.9 Å². The minimum Gasteiger partial charge on any atom is -0.398 e. The van der Waals surface area contributed by atoms with Gasteiger partial charge in [0, 0.05) is 40.6 Å². The molecule has 1 aliphatic carbocycles. The zero-order chi connectivity index (χ0) is 13.4. The maximum atomic E-state index is 9.93. The highest BCUT2D eigenvalue weighted by Gasteiger charge is 2.29. The second kappa shape index (κ2) is 4.70. The lowest BCUT2D eigenvalue weighted by atomic mass is 10.1. The van der Waals surface area contributed by atoms with Gasteiger partial charge in [-0.2, -0.15) is 0 Å². The van der Waals surface area contributed by atoms with E-state index in [9.17, 15) is 5.11 Å². The van der Waals surface area contributed by atoms with E-state index in [4.69, 9.17) is 5.73 Å². The lowest BCUT2D eigenvalue weighted by Crippen LogP contribution is -2.21. The Morgan fingerprint density at radius 2 is 2.21 bits per heavy atom. The van der Waals surface area contributed by atoms with Crippen molar-refractivity contribution in [3.05, 3.63) is 30.1 Å². The van der Waals surface area contributed by atoms with Crippen molar-refractivity contribution >= 4 is 22.1 Å². The number of benzene rings is 1. The molecule has 0 amide bonds. The molecule has 19 heavy (non-hydrogen) atoms. The molecule has 1 aliphatic rings. The molecule has 100 valence electrons. The number of hydrogen-bond acceptors (Lipinski definition) is 4. The molecule has 4 N–H and O–H groups in total. The Bertz CT molecular complexity index is 608. The zero-order valence-electron chi connectivity index (χ0n) is 11.1. The van der Waals surface area contributed by atoms with Gasteiger partial charge in [-0.15, -0.1) is 0 Å². The van der Waals surface area contributed by atoms with Crippen LogP contribution in [0.2, 0.25) is 0 Å². The maximum Gasteiger partial charge on any atom is 0.0740 e. The van der Waals surface area contributed by atoms with E-state index < -0.39 is 0 Å². The zero-order valence-corrected chi connectivity index (χ0v) is 11.1. The monoisotopic (exact) mass is 257 g/mol. The van der Waals surface area contributed by atoms with Crippen molar-refractivity contribution < 1.29 is 5.11 Å². The van der Waals surface area contributed by atoms with Gasteiger partial charge in [0.05, 0.1) is 6.10 Å². The number of fused-ring (bicyclic) bond motifs is 1. The summed E-state index contributed by atoms with van der Waals surface area (Å²) >= 11 is 0. The molecule has 1 heterocycles. The van der Waals surface area contributed by atoms with E-state index in [1.54, 1.807) is 0 Å². The van der Waals surface area contributed by atoms with Crippen LogP contribution < -0.4 is 11.1 Å². The molecule has 1 saturated carbocycles. The average molecular weight is 257 g/mol. The average Bonchev–Trinajstić information content (AvgIpc) is 3.22. The van der Waals surface area contributed by atoms with Crippen LogP contribution in [0.15, 0.2) is 24.4 Å². The topological polar surface area (TPSA) is 71.2 Å². The van der Waals surface area contributed by atoms with Crippen LogP contribution in [0.5, 0.6) is 0 Å². The van der Waals surface area contributed by atoms with Gasteiger partial charge in [0.2, 0.25) is 0 Å². The summed E-state index contributed by atoms with van der Waals surface area (Å²) in [6.45, 7) is 2.55. The van der Waals surface area contributed by atoms with Crippen molar-refractivity contribution in [2.45, 2.75) is 25.9 Å². The first-order valence-corrected chi connectivity index (χ1v) is 6.72. The number of nitrogens with zero attached hydrogens (tertiary/aromatic N) is 1. The molecule has 0 spiro atoms. The molecule has 2 aromatic rings. The number of aromatic nitrogens is 1. The number of aliphatic hydroxyl groups excluding tert-OH is 1. The Balaban J connectivity index is 1.89. The SMILES string of the molecule is Cc1cc2c(NCC(O)C3CC3)ccc(N)c2cn1. The van der Waals surface area contributed by atoms with E-state index in [-0.39, 0.29) is 6.10 Å². The van der Waals surface area contributed by atoms with E-state index in [0.717, 1.165) is 40.7 Å². The summed E-state index contributed by atoms with van der Waals surface area (Å²) in [5.41, 5.74) is 8.68. The number of anilines is 2. The van der Waals surface area contributed by atoms with Crippen molar-refractivity contribution in [3.63, 3.8) is 0 Å². The molecule has 0 saturated heterocycles. The fourth-order valence-corrected chi connectivity index (χ4v) is 2.38. The number of pyridine rings is 1. The summed E-state index contributed by atoms with van der Waals surface area (Å²) in [5.74, 6) is 0.482. The number of aliphatic hydroxyl groups is 1. The van der Waals surface area contributed by atoms with Gasteiger partial charge in [-0.1, -0.05) is 0 Å². The number of aryl methyl sites for hydroxylation is 1. The molecule has 0 radical (unpaired) electrons. The molecule has 0 aliphatic heterocycles. The third-order valence-corrected chi connectivity index (χ3v) is 3.74. The molecule has 1 aromatic heterocycles. The van der Waals surface area contributed by atoms with Crippen LogP contribution in [-0.4, -0.2) is 22.7 Å². The Morgan fingerprint density at radius 1 is 1.42 bits per heavy atom. The molecular formula is C15H19N3O. The molecule has 1 fully saturated rings. The van der Waals surface area contributed by atoms with E-state index in [2.05, 4.69) is 10.3 Å².